The minimum atomic E-state index is -1.16. The van der Waals surface area contributed by atoms with E-state index in [2.05, 4.69) is 0 Å². The first-order valence-corrected chi connectivity index (χ1v) is 7.89. The molecule has 3 N–H and O–H groups in total. The summed E-state index contributed by atoms with van der Waals surface area (Å²) in [6.45, 7) is 3.79. The molecule has 9 heteroatoms. The van der Waals surface area contributed by atoms with Crippen LogP contribution in [0.5, 0.6) is 0 Å². The highest BCUT2D eigenvalue weighted by molar-refractivity contribution is 5.97. The Bertz CT molecular complexity index is 655. The lowest BCUT2D eigenvalue weighted by atomic mass is 10.1. The van der Waals surface area contributed by atoms with Gasteiger partial charge in [0.05, 0.1) is 18.7 Å². The lowest BCUT2D eigenvalue weighted by Crippen LogP contribution is -2.46. The molecule has 0 unspecified atom stereocenters. The number of furan rings is 1. The minimum absolute atomic E-state index is 0.00178. The Morgan fingerprint density at radius 2 is 2.16 bits per heavy atom. The standard InChI is InChI=1S/C16H21N3O6/c1-9(2)13(14(21)18-16(17)23)25-15(22)10-6-12(20)19(7-10)8-11-4-3-5-24-11/h3-5,9-10,13H,6-8H2,1-2H3,(H3,17,18,21,23)/t10-,13-/m0/s1. The van der Waals surface area contributed by atoms with Gasteiger partial charge in [-0.15, -0.1) is 0 Å². The molecule has 1 aromatic heterocycles. The maximum atomic E-state index is 12.3. The molecule has 0 aliphatic carbocycles. The van der Waals surface area contributed by atoms with Crippen molar-refractivity contribution in [3.05, 3.63) is 24.2 Å². The van der Waals surface area contributed by atoms with Gasteiger partial charge in [-0.05, 0) is 18.1 Å². The van der Waals surface area contributed by atoms with Crippen molar-refractivity contribution in [1.29, 1.82) is 0 Å². The van der Waals surface area contributed by atoms with Gasteiger partial charge in [-0.2, -0.15) is 0 Å². The van der Waals surface area contributed by atoms with Gasteiger partial charge in [-0.1, -0.05) is 13.8 Å². The zero-order valence-electron chi connectivity index (χ0n) is 14.1. The molecule has 9 nitrogen and oxygen atoms in total. The number of primary amides is 1. The Morgan fingerprint density at radius 3 is 2.72 bits per heavy atom. The molecule has 136 valence electrons. The number of imide groups is 1. The molecule has 1 aliphatic rings. The summed E-state index contributed by atoms with van der Waals surface area (Å²) in [6, 6.07) is 2.43. The summed E-state index contributed by atoms with van der Waals surface area (Å²) < 4.78 is 10.4. The van der Waals surface area contributed by atoms with Crippen LogP contribution >= 0.6 is 0 Å². The second kappa shape index (κ2) is 7.82. The van der Waals surface area contributed by atoms with E-state index in [1.54, 1.807) is 26.0 Å². The van der Waals surface area contributed by atoms with Gasteiger partial charge in [0.25, 0.3) is 5.91 Å². The van der Waals surface area contributed by atoms with Crippen LogP contribution in [0.15, 0.2) is 22.8 Å². The van der Waals surface area contributed by atoms with Crippen molar-refractivity contribution < 1.29 is 28.3 Å². The molecule has 1 fully saturated rings. The van der Waals surface area contributed by atoms with Crippen molar-refractivity contribution in [3.63, 3.8) is 0 Å². The first-order valence-electron chi connectivity index (χ1n) is 7.89. The molecule has 0 spiro atoms. The maximum Gasteiger partial charge on any atom is 0.318 e. The van der Waals surface area contributed by atoms with E-state index in [0.29, 0.717) is 5.76 Å². The van der Waals surface area contributed by atoms with Gasteiger partial charge in [-0.3, -0.25) is 19.7 Å². The summed E-state index contributed by atoms with van der Waals surface area (Å²) in [5.74, 6) is -2.06. The maximum absolute atomic E-state index is 12.3. The Kier molecular flexibility index (Phi) is 5.79. The molecular formula is C16H21N3O6. The average molecular weight is 351 g/mol. The number of esters is 1. The number of nitrogens with one attached hydrogen (secondary N) is 1. The van der Waals surface area contributed by atoms with E-state index in [0.717, 1.165) is 0 Å². The van der Waals surface area contributed by atoms with Gasteiger partial charge in [-0.25, -0.2) is 4.79 Å². The molecule has 25 heavy (non-hydrogen) atoms. The van der Waals surface area contributed by atoms with Crippen molar-refractivity contribution in [2.24, 2.45) is 17.6 Å². The first-order chi connectivity index (χ1) is 11.8. The molecule has 0 radical (unpaired) electrons. The van der Waals surface area contributed by atoms with Crippen molar-refractivity contribution in [2.75, 3.05) is 6.54 Å². The predicted molar refractivity (Wildman–Crippen MR) is 84.7 cm³/mol. The Hall–Kier alpha value is -2.84. The highest BCUT2D eigenvalue weighted by Crippen LogP contribution is 2.23. The first kappa shape index (κ1) is 18.5. The van der Waals surface area contributed by atoms with Crippen molar-refractivity contribution in [2.45, 2.75) is 32.9 Å². The summed E-state index contributed by atoms with van der Waals surface area (Å²) in [7, 11) is 0. The van der Waals surface area contributed by atoms with E-state index in [-0.39, 0.29) is 31.3 Å². The highest BCUT2D eigenvalue weighted by Gasteiger charge is 2.38. The number of nitrogens with two attached hydrogens (primary N) is 1. The van der Waals surface area contributed by atoms with Crippen LogP contribution < -0.4 is 11.1 Å². The zero-order chi connectivity index (χ0) is 18.6. The van der Waals surface area contributed by atoms with Crippen molar-refractivity contribution in [1.82, 2.24) is 10.2 Å². The van der Waals surface area contributed by atoms with Crippen LogP contribution in [0.3, 0.4) is 0 Å². The lowest BCUT2D eigenvalue weighted by molar-refractivity contribution is -0.162. The van der Waals surface area contributed by atoms with E-state index in [1.807, 2.05) is 5.32 Å². The van der Waals surface area contributed by atoms with E-state index in [9.17, 15) is 19.2 Å². The average Bonchev–Trinajstić information content (AvgIpc) is 3.14. The molecule has 2 atom stereocenters. The van der Waals surface area contributed by atoms with E-state index in [4.69, 9.17) is 14.9 Å². The van der Waals surface area contributed by atoms with Crippen LogP contribution in [-0.2, 0) is 25.7 Å². The van der Waals surface area contributed by atoms with Crippen molar-refractivity contribution in [3.8, 4) is 0 Å². The predicted octanol–water partition coefficient (Wildman–Crippen LogP) is 0.391. The fourth-order valence-electron chi connectivity index (χ4n) is 2.58. The third-order valence-corrected chi connectivity index (χ3v) is 3.83. The summed E-state index contributed by atoms with van der Waals surface area (Å²) in [4.78, 5) is 48.6. The molecule has 0 saturated carbocycles. The van der Waals surface area contributed by atoms with E-state index in [1.165, 1.54) is 11.2 Å². The highest BCUT2D eigenvalue weighted by atomic mass is 16.5. The molecule has 0 bridgehead atoms. The van der Waals surface area contributed by atoms with Crippen LogP contribution in [0.25, 0.3) is 0 Å². The number of amides is 4. The Balaban J connectivity index is 1.96. The molecule has 1 saturated heterocycles. The largest absolute Gasteiger partial charge is 0.467 e. The van der Waals surface area contributed by atoms with Crippen molar-refractivity contribution >= 4 is 23.8 Å². The Morgan fingerprint density at radius 1 is 1.44 bits per heavy atom. The van der Waals surface area contributed by atoms with Gasteiger partial charge in [0.15, 0.2) is 6.10 Å². The fourth-order valence-corrected chi connectivity index (χ4v) is 2.58. The molecule has 0 aromatic carbocycles. The minimum Gasteiger partial charge on any atom is -0.467 e. The third-order valence-electron chi connectivity index (χ3n) is 3.83. The molecule has 1 aliphatic heterocycles. The molecule has 1 aromatic rings. The molecule has 2 heterocycles. The zero-order valence-corrected chi connectivity index (χ0v) is 14.1. The summed E-state index contributed by atoms with van der Waals surface area (Å²) in [6.07, 6.45) is 0.350. The van der Waals surface area contributed by atoms with Gasteiger partial charge in [0.2, 0.25) is 5.91 Å². The number of urea groups is 1. The lowest BCUT2D eigenvalue weighted by Gasteiger charge is -2.21. The van der Waals surface area contributed by atoms with E-state index < -0.39 is 29.9 Å². The number of likely N-dealkylation sites (tertiary alicyclic amines) is 1. The van der Waals surface area contributed by atoms with Gasteiger partial charge >= 0.3 is 12.0 Å². The summed E-state index contributed by atoms with van der Waals surface area (Å²) in [5, 5.41) is 1.90. The quantitative estimate of drug-likeness (QED) is 0.713. The van der Waals surface area contributed by atoms with Gasteiger partial charge < -0.3 is 19.8 Å². The summed E-state index contributed by atoms with van der Waals surface area (Å²) >= 11 is 0. The van der Waals surface area contributed by atoms with Gasteiger partial charge in [0, 0.05) is 13.0 Å². The normalized spacial score (nSPS) is 18.3. The van der Waals surface area contributed by atoms with Gasteiger partial charge in [0.1, 0.15) is 5.76 Å². The molecule has 4 amide bonds. The second-order valence-electron chi connectivity index (χ2n) is 6.21. The van der Waals surface area contributed by atoms with Crippen LogP contribution in [-0.4, -0.2) is 41.4 Å². The number of hydrogen-bond donors (Lipinski definition) is 2. The number of nitrogens with zero attached hydrogens (tertiary/aromatic N) is 1. The number of carbonyl (C=O) groups excluding carboxylic acids is 4. The number of rotatable bonds is 6. The monoisotopic (exact) mass is 351 g/mol. The van der Waals surface area contributed by atoms with Crippen LogP contribution in [0.4, 0.5) is 4.79 Å². The molecule has 2 rings (SSSR count). The van der Waals surface area contributed by atoms with Crippen LogP contribution in [0.1, 0.15) is 26.0 Å². The summed E-state index contributed by atoms with van der Waals surface area (Å²) in [5.41, 5.74) is 4.91. The fraction of sp³-hybridized carbons (Fsp3) is 0.500. The van der Waals surface area contributed by atoms with Crippen LogP contribution in [0.2, 0.25) is 0 Å². The number of ether oxygens (including phenoxy) is 1. The third kappa shape index (κ3) is 4.82. The van der Waals surface area contributed by atoms with Crippen LogP contribution in [0, 0.1) is 11.8 Å². The smallest absolute Gasteiger partial charge is 0.318 e. The number of carbonyl (C=O) groups is 4. The van der Waals surface area contributed by atoms with E-state index >= 15 is 0 Å². The number of hydrogen-bond acceptors (Lipinski definition) is 6. The Labute approximate surface area is 144 Å². The topological polar surface area (TPSA) is 132 Å². The molecular weight excluding hydrogens is 330 g/mol. The second-order valence-corrected chi connectivity index (χ2v) is 6.21. The SMILES string of the molecule is CC(C)[C@H](OC(=O)[C@H]1CC(=O)N(Cc2ccco2)C1)C(=O)NC(N)=O.